The first-order valence-electron chi connectivity index (χ1n) is 14.7. The van der Waals surface area contributed by atoms with Crippen LogP contribution in [0.5, 0.6) is 0 Å². The summed E-state index contributed by atoms with van der Waals surface area (Å²) in [6.07, 6.45) is 17.5. The molecule has 0 radical (unpaired) electrons. The third-order valence-corrected chi connectivity index (χ3v) is 12.0. The monoisotopic (exact) mass is 457 g/mol. The first-order valence-corrected chi connectivity index (χ1v) is 14.7. The van der Waals surface area contributed by atoms with Gasteiger partial charge in [-0.15, -0.1) is 0 Å². The Morgan fingerprint density at radius 2 is 1.70 bits per heavy atom. The van der Waals surface area contributed by atoms with Gasteiger partial charge in [-0.3, -0.25) is 9.69 Å². The lowest BCUT2D eigenvalue weighted by Crippen LogP contribution is -2.53. The zero-order valence-corrected chi connectivity index (χ0v) is 22.0. The van der Waals surface area contributed by atoms with Gasteiger partial charge < -0.3 is 4.74 Å². The lowest BCUT2D eigenvalue weighted by Gasteiger charge is -2.61. The quantitative estimate of drug-likeness (QED) is 0.424. The highest BCUT2D eigenvalue weighted by molar-refractivity contribution is 5.78. The van der Waals surface area contributed by atoms with Crippen molar-refractivity contribution in [1.82, 2.24) is 4.90 Å². The number of fused-ring (bicyclic) bond motifs is 5. The number of morpholine rings is 1. The summed E-state index contributed by atoms with van der Waals surface area (Å²) in [5.74, 6) is 6.01. The Bertz CT molecular complexity index is 687. The molecule has 0 spiro atoms. The van der Waals surface area contributed by atoms with Crippen LogP contribution in [0.25, 0.3) is 0 Å². The maximum Gasteiger partial charge on any atom is 0.134 e. The molecule has 3 heteroatoms. The van der Waals surface area contributed by atoms with E-state index in [-0.39, 0.29) is 0 Å². The molecule has 5 aliphatic rings. The van der Waals surface area contributed by atoms with Crippen LogP contribution in [-0.2, 0) is 9.53 Å². The summed E-state index contributed by atoms with van der Waals surface area (Å²) in [5.41, 5.74) is 1.19. The molecule has 5 rings (SSSR count). The number of hydrogen-bond acceptors (Lipinski definition) is 3. The fourth-order valence-electron chi connectivity index (χ4n) is 10.1. The molecular formula is C30H51NO2. The molecule has 3 nitrogen and oxygen atoms in total. The second-order valence-electron chi connectivity index (χ2n) is 13.4. The standard InChI is InChI=1S/C30H51NO2/c1-22(7-9-24(32)14-17-31-18-20-33-21-19-31)26-11-12-27-25-10-8-23-6-4-5-15-29(23,2)28(25)13-16-30(26,27)3/h22-23,25-28H,4-21H2,1-3H3/t22-,23?,25+,26-,27+,28+,29+,30-/m1/s1. The summed E-state index contributed by atoms with van der Waals surface area (Å²) in [6.45, 7) is 12.4. The Labute approximate surface area is 203 Å². The second-order valence-corrected chi connectivity index (χ2v) is 13.4. The highest BCUT2D eigenvalue weighted by Gasteiger charge is 2.60. The van der Waals surface area contributed by atoms with Crippen LogP contribution in [0.1, 0.15) is 104 Å². The van der Waals surface area contributed by atoms with E-state index in [4.69, 9.17) is 4.74 Å². The van der Waals surface area contributed by atoms with Gasteiger partial charge in [0.15, 0.2) is 0 Å². The Balaban J connectivity index is 1.16. The number of Topliss-reactive ketones (excluding diaryl/α,β-unsaturated/α-hetero) is 1. The first kappa shape index (κ1) is 24.3. The predicted molar refractivity (Wildman–Crippen MR) is 135 cm³/mol. The second kappa shape index (κ2) is 9.92. The molecule has 0 amide bonds. The average molecular weight is 458 g/mol. The van der Waals surface area contributed by atoms with E-state index in [1.54, 1.807) is 0 Å². The van der Waals surface area contributed by atoms with Crippen molar-refractivity contribution in [2.75, 3.05) is 32.8 Å². The molecule has 0 bridgehead atoms. The summed E-state index contributed by atoms with van der Waals surface area (Å²) in [7, 11) is 0. The van der Waals surface area contributed by atoms with Gasteiger partial charge in [-0.05, 0) is 104 Å². The van der Waals surface area contributed by atoms with Crippen molar-refractivity contribution in [1.29, 1.82) is 0 Å². The number of nitrogens with zero attached hydrogens (tertiary/aromatic N) is 1. The Morgan fingerprint density at radius 1 is 0.909 bits per heavy atom. The van der Waals surface area contributed by atoms with E-state index in [9.17, 15) is 4.79 Å². The number of ether oxygens (including phenoxy) is 1. The van der Waals surface area contributed by atoms with Crippen LogP contribution < -0.4 is 0 Å². The van der Waals surface area contributed by atoms with Crippen molar-refractivity contribution in [3.05, 3.63) is 0 Å². The van der Waals surface area contributed by atoms with E-state index < -0.39 is 0 Å². The van der Waals surface area contributed by atoms with Crippen LogP contribution in [0.3, 0.4) is 0 Å². The molecule has 0 N–H and O–H groups in total. The summed E-state index contributed by atoms with van der Waals surface area (Å²) < 4.78 is 5.43. The smallest absolute Gasteiger partial charge is 0.134 e. The largest absolute Gasteiger partial charge is 0.379 e. The van der Waals surface area contributed by atoms with Gasteiger partial charge in [0, 0.05) is 32.5 Å². The van der Waals surface area contributed by atoms with E-state index in [0.717, 1.165) is 81.7 Å². The first-order chi connectivity index (χ1) is 15.9. The third-order valence-electron chi connectivity index (χ3n) is 12.0. The highest BCUT2D eigenvalue weighted by atomic mass is 16.5. The van der Waals surface area contributed by atoms with E-state index in [1.807, 2.05) is 0 Å². The Hall–Kier alpha value is -0.410. The number of carbonyl (C=O) groups excluding carboxylic acids is 1. The van der Waals surface area contributed by atoms with E-state index in [1.165, 1.54) is 64.2 Å². The van der Waals surface area contributed by atoms with Crippen molar-refractivity contribution in [3.8, 4) is 0 Å². The van der Waals surface area contributed by atoms with E-state index in [0.29, 0.717) is 22.5 Å². The molecule has 1 unspecified atom stereocenters. The zero-order chi connectivity index (χ0) is 23.1. The van der Waals surface area contributed by atoms with Gasteiger partial charge in [0.05, 0.1) is 13.2 Å². The lowest BCUT2D eigenvalue weighted by atomic mass is 9.44. The third kappa shape index (κ3) is 4.59. The summed E-state index contributed by atoms with van der Waals surface area (Å²) >= 11 is 0. The van der Waals surface area contributed by atoms with Crippen molar-refractivity contribution in [3.63, 3.8) is 0 Å². The number of rotatable bonds is 7. The fourth-order valence-corrected chi connectivity index (χ4v) is 10.1. The van der Waals surface area contributed by atoms with Crippen LogP contribution in [0.2, 0.25) is 0 Å². The van der Waals surface area contributed by atoms with Gasteiger partial charge >= 0.3 is 0 Å². The van der Waals surface area contributed by atoms with Crippen molar-refractivity contribution >= 4 is 5.78 Å². The number of ketones is 1. The fraction of sp³-hybridized carbons (Fsp3) is 0.967. The molecule has 5 fully saturated rings. The zero-order valence-electron chi connectivity index (χ0n) is 22.0. The van der Waals surface area contributed by atoms with E-state index >= 15 is 0 Å². The molecule has 188 valence electrons. The molecule has 8 atom stereocenters. The van der Waals surface area contributed by atoms with Gasteiger partial charge in [-0.2, -0.15) is 0 Å². The minimum absolute atomic E-state index is 0.486. The Kier molecular flexibility index (Phi) is 7.30. The summed E-state index contributed by atoms with van der Waals surface area (Å²) in [4.78, 5) is 15.1. The lowest BCUT2D eigenvalue weighted by molar-refractivity contribution is -0.121. The van der Waals surface area contributed by atoms with E-state index in [2.05, 4.69) is 25.7 Å². The highest BCUT2D eigenvalue weighted by Crippen LogP contribution is 2.68. The van der Waals surface area contributed by atoms with Crippen LogP contribution in [0.4, 0.5) is 0 Å². The Morgan fingerprint density at radius 3 is 2.52 bits per heavy atom. The van der Waals surface area contributed by atoms with Crippen LogP contribution in [0, 0.1) is 46.3 Å². The molecule has 1 saturated heterocycles. The number of hydrogen-bond donors (Lipinski definition) is 0. The van der Waals surface area contributed by atoms with Gasteiger partial charge in [0.25, 0.3) is 0 Å². The molecule has 1 aliphatic heterocycles. The molecule has 0 aromatic rings. The van der Waals surface area contributed by atoms with Crippen molar-refractivity contribution in [2.45, 2.75) is 104 Å². The van der Waals surface area contributed by atoms with Crippen molar-refractivity contribution in [2.24, 2.45) is 46.3 Å². The molecule has 33 heavy (non-hydrogen) atoms. The molecule has 1 heterocycles. The summed E-state index contributed by atoms with van der Waals surface area (Å²) in [5, 5.41) is 0. The van der Waals surface area contributed by atoms with Crippen LogP contribution >= 0.6 is 0 Å². The summed E-state index contributed by atoms with van der Waals surface area (Å²) in [6, 6.07) is 0. The molecule has 0 aromatic carbocycles. The number of carbonyl (C=O) groups is 1. The minimum atomic E-state index is 0.486. The topological polar surface area (TPSA) is 29.5 Å². The molecule has 4 saturated carbocycles. The predicted octanol–water partition coefficient (Wildman–Crippen LogP) is 6.74. The maximum atomic E-state index is 12.7. The average Bonchev–Trinajstić information content (AvgIpc) is 3.19. The van der Waals surface area contributed by atoms with Gasteiger partial charge in [0.1, 0.15) is 5.78 Å². The van der Waals surface area contributed by atoms with Crippen LogP contribution in [0.15, 0.2) is 0 Å². The normalized spacial score (nSPS) is 44.5. The van der Waals surface area contributed by atoms with Crippen molar-refractivity contribution < 1.29 is 9.53 Å². The molecule has 0 aromatic heterocycles. The molecular weight excluding hydrogens is 406 g/mol. The SMILES string of the molecule is C[C@H](CCC(=O)CCN1CCOCC1)[C@H]1CC[C@H]2[C@@H]3CCC4CCCC[C@]4(C)[C@H]3CC[C@]12C. The maximum absolute atomic E-state index is 12.7. The van der Waals surface area contributed by atoms with Gasteiger partial charge in [-0.25, -0.2) is 0 Å². The molecule has 4 aliphatic carbocycles. The van der Waals surface area contributed by atoms with Crippen LogP contribution in [-0.4, -0.2) is 43.5 Å². The van der Waals surface area contributed by atoms with Gasteiger partial charge in [0.2, 0.25) is 0 Å². The minimum Gasteiger partial charge on any atom is -0.379 e. The van der Waals surface area contributed by atoms with Gasteiger partial charge in [-0.1, -0.05) is 33.6 Å².